The number of hydrogen-bond donors (Lipinski definition) is 0. The normalized spacial score (nSPS) is 13.6. The fourth-order valence-corrected chi connectivity index (χ4v) is 1.29. The first kappa shape index (κ1) is 9.00. The van der Waals surface area contributed by atoms with Gasteiger partial charge in [0.25, 0.3) is 0 Å². The Morgan fingerprint density at radius 2 is 1.93 bits per heavy atom. The van der Waals surface area contributed by atoms with Crippen molar-refractivity contribution in [3.05, 3.63) is 41.0 Å². The number of benzene rings is 1. The van der Waals surface area contributed by atoms with Gasteiger partial charge in [0.2, 0.25) is 0 Å². The number of hydrogen-bond acceptors (Lipinski definition) is 2. The topological polar surface area (TPSA) is 26.3 Å². The van der Waals surface area contributed by atoms with E-state index in [1.165, 1.54) is 25.5 Å². The zero-order valence-corrected chi connectivity index (χ0v) is 8.12. The smallest absolute Gasteiger partial charge is 0.337 e. The van der Waals surface area contributed by atoms with Gasteiger partial charge in [-0.1, -0.05) is 23.8 Å². The molecular formula is C12H12O2. The second-order valence-corrected chi connectivity index (χ2v) is 3.42. The van der Waals surface area contributed by atoms with Gasteiger partial charge in [0.05, 0.1) is 12.7 Å². The maximum Gasteiger partial charge on any atom is 0.337 e. The minimum absolute atomic E-state index is 0.282. The molecule has 0 radical (unpaired) electrons. The Hall–Kier alpha value is -1.57. The Labute approximate surface area is 83.2 Å². The minimum atomic E-state index is -0.282. The number of ether oxygens (including phenoxy) is 1. The van der Waals surface area contributed by atoms with Crippen LogP contribution in [-0.2, 0) is 4.74 Å². The molecule has 0 spiro atoms. The number of rotatable bonds is 2. The van der Waals surface area contributed by atoms with Gasteiger partial charge >= 0.3 is 5.97 Å². The standard InChI is InChI=1S/C12H12O2/c1-14-12(13)11-6-4-10(5-7-11)8-9-2-3-9/h4-8H,2-3H2,1H3. The van der Waals surface area contributed by atoms with E-state index < -0.39 is 0 Å². The third kappa shape index (κ3) is 2.02. The molecule has 0 bridgehead atoms. The van der Waals surface area contributed by atoms with E-state index in [4.69, 9.17) is 0 Å². The second-order valence-electron chi connectivity index (χ2n) is 3.42. The Morgan fingerprint density at radius 3 is 2.43 bits per heavy atom. The lowest BCUT2D eigenvalue weighted by atomic mass is 10.1. The van der Waals surface area contributed by atoms with Crippen LogP contribution < -0.4 is 0 Å². The Kier molecular flexibility index (Phi) is 2.35. The van der Waals surface area contributed by atoms with Crippen LogP contribution in [0.1, 0.15) is 28.8 Å². The molecule has 0 atom stereocenters. The number of allylic oxidation sites excluding steroid dienone is 1. The average molecular weight is 188 g/mol. The number of methoxy groups -OCH3 is 1. The first-order chi connectivity index (χ1) is 6.79. The lowest BCUT2D eigenvalue weighted by Gasteiger charge is -1.98. The van der Waals surface area contributed by atoms with Gasteiger partial charge in [0.15, 0.2) is 0 Å². The second kappa shape index (κ2) is 3.66. The first-order valence-corrected chi connectivity index (χ1v) is 4.67. The van der Waals surface area contributed by atoms with E-state index in [2.05, 4.69) is 10.8 Å². The van der Waals surface area contributed by atoms with E-state index in [1.807, 2.05) is 12.1 Å². The fraction of sp³-hybridized carbons (Fsp3) is 0.250. The Balaban J connectivity index is 2.17. The lowest BCUT2D eigenvalue weighted by molar-refractivity contribution is 0.0601. The van der Waals surface area contributed by atoms with Crippen molar-refractivity contribution in [1.29, 1.82) is 0 Å². The molecule has 2 heteroatoms. The maximum atomic E-state index is 11.1. The monoisotopic (exact) mass is 188 g/mol. The predicted molar refractivity (Wildman–Crippen MR) is 55.0 cm³/mol. The first-order valence-electron chi connectivity index (χ1n) is 4.67. The van der Waals surface area contributed by atoms with Crippen LogP contribution in [0.4, 0.5) is 0 Å². The summed E-state index contributed by atoms with van der Waals surface area (Å²) in [5, 5.41) is 0. The van der Waals surface area contributed by atoms with Crippen molar-refractivity contribution < 1.29 is 9.53 Å². The summed E-state index contributed by atoms with van der Waals surface area (Å²) >= 11 is 0. The third-order valence-electron chi connectivity index (χ3n) is 2.24. The molecule has 1 aromatic rings. The minimum Gasteiger partial charge on any atom is -0.465 e. The molecule has 1 aromatic carbocycles. The molecule has 2 rings (SSSR count). The number of carbonyl (C=O) groups is 1. The SMILES string of the molecule is COC(=O)c1ccc(C=C2CC2)cc1. The van der Waals surface area contributed by atoms with Crippen molar-refractivity contribution in [2.75, 3.05) is 7.11 Å². The van der Waals surface area contributed by atoms with Crippen molar-refractivity contribution in [2.45, 2.75) is 12.8 Å². The highest BCUT2D eigenvalue weighted by atomic mass is 16.5. The van der Waals surface area contributed by atoms with Crippen LogP contribution >= 0.6 is 0 Å². The molecule has 0 aliphatic heterocycles. The van der Waals surface area contributed by atoms with Crippen LogP contribution in [0.3, 0.4) is 0 Å². The number of carbonyl (C=O) groups excluding carboxylic acids is 1. The van der Waals surface area contributed by atoms with Gasteiger partial charge in [0.1, 0.15) is 0 Å². The van der Waals surface area contributed by atoms with Crippen LogP contribution in [-0.4, -0.2) is 13.1 Å². The summed E-state index contributed by atoms with van der Waals surface area (Å²) in [6.45, 7) is 0. The molecule has 0 unspecified atom stereocenters. The van der Waals surface area contributed by atoms with Crippen LogP contribution in [0.25, 0.3) is 6.08 Å². The zero-order valence-electron chi connectivity index (χ0n) is 8.12. The molecule has 1 saturated carbocycles. The Bertz CT molecular complexity index is 368. The van der Waals surface area contributed by atoms with Crippen LogP contribution in [0.2, 0.25) is 0 Å². The summed E-state index contributed by atoms with van der Waals surface area (Å²) in [5.74, 6) is -0.282. The largest absolute Gasteiger partial charge is 0.465 e. The van der Waals surface area contributed by atoms with Crippen molar-refractivity contribution in [3.8, 4) is 0 Å². The van der Waals surface area contributed by atoms with E-state index >= 15 is 0 Å². The maximum absolute atomic E-state index is 11.1. The van der Waals surface area contributed by atoms with E-state index in [-0.39, 0.29) is 5.97 Å². The van der Waals surface area contributed by atoms with Crippen molar-refractivity contribution in [2.24, 2.45) is 0 Å². The van der Waals surface area contributed by atoms with Gasteiger partial charge < -0.3 is 4.74 Å². The molecule has 0 aromatic heterocycles. The molecule has 2 nitrogen and oxygen atoms in total. The molecule has 72 valence electrons. The highest BCUT2D eigenvalue weighted by Gasteiger charge is 2.10. The zero-order chi connectivity index (χ0) is 9.97. The van der Waals surface area contributed by atoms with Gasteiger partial charge in [0, 0.05) is 0 Å². The van der Waals surface area contributed by atoms with E-state index in [0.29, 0.717) is 5.56 Å². The van der Waals surface area contributed by atoms with E-state index in [9.17, 15) is 4.79 Å². The van der Waals surface area contributed by atoms with Crippen LogP contribution in [0.15, 0.2) is 29.8 Å². The summed E-state index contributed by atoms with van der Waals surface area (Å²) in [5.41, 5.74) is 3.24. The van der Waals surface area contributed by atoms with Crippen molar-refractivity contribution in [1.82, 2.24) is 0 Å². The third-order valence-corrected chi connectivity index (χ3v) is 2.24. The number of esters is 1. The summed E-state index contributed by atoms with van der Waals surface area (Å²) in [4.78, 5) is 11.1. The highest BCUT2D eigenvalue weighted by Crippen LogP contribution is 2.29. The van der Waals surface area contributed by atoms with Gasteiger partial charge in [-0.2, -0.15) is 0 Å². The quantitative estimate of drug-likeness (QED) is 0.667. The molecular weight excluding hydrogens is 176 g/mol. The molecule has 0 heterocycles. The van der Waals surface area contributed by atoms with E-state index in [0.717, 1.165) is 5.56 Å². The van der Waals surface area contributed by atoms with E-state index in [1.54, 1.807) is 12.1 Å². The molecule has 1 aliphatic carbocycles. The van der Waals surface area contributed by atoms with Crippen molar-refractivity contribution in [3.63, 3.8) is 0 Å². The van der Waals surface area contributed by atoms with Gasteiger partial charge in [-0.25, -0.2) is 4.79 Å². The fourth-order valence-electron chi connectivity index (χ4n) is 1.29. The molecule has 14 heavy (non-hydrogen) atoms. The predicted octanol–water partition coefficient (Wildman–Crippen LogP) is 2.65. The lowest BCUT2D eigenvalue weighted by Crippen LogP contribution is -2.00. The molecule has 0 saturated heterocycles. The molecule has 0 amide bonds. The van der Waals surface area contributed by atoms with Gasteiger partial charge in [-0.3, -0.25) is 0 Å². The van der Waals surface area contributed by atoms with Crippen LogP contribution in [0, 0.1) is 0 Å². The average Bonchev–Trinajstić information content (AvgIpc) is 3.02. The Morgan fingerprint density at radius 1 is 1.29 bits per heavy atom. The summed E-state index contributed by atoms with van der Waals surface area (Å²) < 4.78 is 4.62. The highest BCUT2D eigenvalue weighted by molar-refractivity contribution is 5.89. The molecule has 0 N–H and O–H groups in total. The molecule has 1 fully saturated rings. The summed E-state index contributed by atoms with van der Waals surface area (Å²) in [6.07, 6.45) is 4.61. The molecule has 1 aliphatic rings. The van der Waals surface area contributed by atoms with Gasteiger partial charge in [-0.15, -0.1) is 0 Å². The van der Waals surface area contributed by atoms with Crippen LogP contribution in [0.5, 0.6) is 0 Å². The van der Waals surface area contributed by atoms with Crippen molar-refractivity contribution >= 4 is 12.0 Å². The summed E-state index contributed by atoms with van der Waals surface area (Å²) in [7, 11) is 1.39. The summed E-state index contributed by atoms with van der Waals surface area (Å²) in [6, 6.07) is 7.47. The van der Waals surface area contributed by atoms with Gasteiger partial charge in [-0.05, 0) is 30.5 Å².